The van der Waals surface area contributed by atoms with E-state index in [2.05, 4.69) is 40.5 Å². The molecule has 0 atom stereocenters. The maximum absolute atomic E-state index is 10.8. The third-order valence-electron chi connectivity index (χ3n) is 5.18. The summed E-state index contributed by atoms with van der Waals surface area (Å²) in [5.74, 6) is 5.41. The summed E-state index contributed by atoms with van der Waals surface area (Å²) in [5, 5.41) is 8.80. The summed E-state index contributed by atoms with van der Waals surface area (Å²) in [6, 6.07) is 20.1. The molecular formula is C30H25Cl4IN10O5. The number of anilines is 1. The molecule has 0 amide bonds. The summed E-state index contributed by atoms with van der Waals surface area (Å²) < 4.78 is 12.6. The molecule has 0 bridgehead atoms. The minimum Gasteiger partial charge on any atom is -0.308 e. The smallest absolute Gasteiger partial charge is 0.223 e. The molecule has 0 aliphatic heterocycles. The van der Waals surface area contributed by atoms with E-state index in [9.17, 15) is 14.4 Å². The maximum atomic E-state index is 10.8. The first-order valence-electron chi connectivity index (χ1n) is 13.6. The van der Waals surface area contributed by atoms with E-state index in [-0.39, 0.29) is 21.3 Å². The van der Waals surface area contributed by atoms with Crippen LogP contribution in [0, 0.1) is 3.57 Å². The fourth-order valence-corrected chi connectivity index (χ4v) is 6.53. The van der Waals surface area contributed by atoms with Gasteiger partial charge in [-0.2, -0.15) is 0 Å². The Bertz CT molecular complexity index is 2000. The van der Waals surface area contributed by atoms with Crippen molar-refractivity contribution < 1.29 is 20.5 Å². The standard InChI is InChI=1S/C10H5Cl2N5.C10H11IO4.C5H2Cl2N2O.C5H7N3/c11-6-5-13-10(12)14-8(6)9-16-15-7-3-1-2-4-17(7)9;1-8(12)14-11(15-9(2)13)10-6-4-3-5-7-10;6-3-1-8-5(7)9-4(3)2-10;6-8-5-3-1-2-4-7-5/h1-5H;3-7H,1-2H3;1-2H;1-4H,6H2,(H,7,8). The third-order valence-corrected chi connectivity index (χ3v) is 9.88. The SMILES string of the molecule is CC(=O)OI(OC(C)=O)c1ccccc1.Clc1ncc(Cl)c(-c2nnc3ccccn23)n1.NNc1ccccn1.O=Cc1nc(Cl)ncc1Cl. The maximum Gasteiger partial charge on any atom is 0.223 e. The minimum atomic E-state index is -2.59. The Balaban J connectivity index is 0.000000188. The van der Waals surface area contributed by atoms with E-state index < -0.39 is 32.6 Å². The number of aromatic nitrogens is 8. The third kappa shape index (κ3) is 13.0. The minimum absolute atomic E-state index is 0.0199. The van der Waals surface area contributed by atoms with E-state index >= 15 is 0 Å². The molecule has 1 aromatic carbocycles. The molecule has 260 valence electrons. The van der Waals surface area contributed by atoms with Crippen LogP contribution in [0.2, 0.25) is 20.6 Å². The summed E-state index contributed by atoms with van der Waals surface area (Å²) in [6.45, 7) is 2.60. The molecule has 0 aliphatic carbocycles. The van der Waals surface area contributed by atoms with Crippen molar-refractivity contribution in [3.8, 4) is 11.5 Å². The van der Waals surface area contributed by atoms with Gasteiger partial charge in [0.2, 0.25) is 10.6 Å². The Morgan fingerprint density at radius 2 is 1.42 bits per heavy atom. The van der Waals surface area contributed by atoms with Crippen LogP contribution >= 0.6 is 67.1 Å². The number of rotatable bonds is 6. The van der Waals surface area contributed by atoms with Gasteiger partial charge < -0.3 is 5.43 Å². The molecule has 5 aromatic heterocycles. The monoisotopic (exact) mass is 872 g/mol. The Hall–Kier alpha value is -4.59. The van der Waals surface area contributed by atoms with Gasteiger partial charge in [-0.25, -0.2) is 30.8 Å². The van der Waals surface area contributed by atoms with Crippen LogP contribution in [0.3, 0.4) is 0 Å². The zero-order valence-corrected chi connectivity index (χ0v) is 31.0. The van der Waals surface area contributed by atoms with Gasteiger partial charge in [0, 0.05) is 12.4 Å². The van der Waals surface area contributed by atoms with Gasteiger partial charge in [-0.15, -0.1) is 10.2 Å². The first-order valence-corrected chi connectivity index (χ1v) is 18.0. The fourth-order valence-electron chi connectivity index (χ4n) is 3.21. The van der Waals surface area contributed by atoms with E-state index in [0.29, 0.717) is 34.3 Å². The number of hydrogen-bond donors (Lipinski definition) is 2. The number of nitrogens with two attached hydrogens (primary N) is 1. The first-order chi connectivity index (χ1) is 24.0. The number of nitrogens with zero attached hydrogens (tertiary/aromatic N) is 8. The van der Waals surface area contributed by atoms with Crippen LogP contribution in [0.15, 0.2) is 91.5 Å². The number of benzene rings is 1. The molecule has 15 nitrogen and oxygen atoms in total. The molecule has 0 spiro atoms. The normalized spacial score (nSPS) is 10.1. The number of carbonyl (C=O) groups excluding carboxylic acids is 3. The average Bonchev–Trinajstić information content (AvgIpc) is 3.55. The van der Waals surface area contributed by atoms with Crippen LogP contribution in [0.5, 0.6) is 0 Å². The fraction of sp³-hybridized carbons (Fsp3) is 0.0667. The van der Waals surface area contributed by atoms with E-state index in [1.807, 2.05) is 54.7 Å². The topological polar surface area (TPSA) is 202 Å². The van der Waals surface area contributed by atoms with Gasteiger partial charge in [-0.3, -0.25) is 9.20 Å². The van der Waals surface area contributed by atoms with Crippen molar-refractivity contribution in [3.05, 3.63) is 121 Å². The molecule has 5 heterocycles. The van der Waals surface area contributed by atoms with E-state index in [0.717, 1.165) is 3.57 Å². The first kappa shape index (κ1) is 39.8. The second kappa shape index (κ2) is 20.8. The molecule has 0 radical (unpaired) electrons. The van der Waals surface area contributed by atoms with E-state index in [1.165, 1.54) is 26.2 Å². The van der Waals surface area contributed by atoms with Gasteiger partial charge >= 0.3 is 96.1 Å². The number of carbonyl (C=O) groups is 3. The van der Waals surface area contributed by atoms with Crippen LogP contribution in [-0.4, -0.2) is 57.7 Å². The summed E-state index contributed by atoms with van der Waals surface area (Å²) in [6.07, 6.45) is 6.75. The van der Waals surface area contributed by atoms with Crippen LogP contribution in [0.1, 0.15) is 24.3 Å². The molecule has 0 saturated heterocycles. The number of halogens is 5. The summed E-state index contributed by atoms with van der Waals surface area (Å²) >= 11 is 20.0. The average molecular weight is 874 g/mol. The van der Waals surface area contributed by atoms with Gasteiger partial charge in [0.15, 0.2) is 17.8 Å². The molecule has 0 saturated carbocycles. The van der Waals surface area contributed by atoms with Crippen molar-refractivity contribution in [2.45, 2.75) is 13.8 Å². The summed E-state index contributed by atoms with van der Waals surface area (Å²) in [7, 11) is 0. The predicted molar refractivity (Wildman–Crippen MR) is 196 cm³/mol. The number of hydrazine groups is 1. The molecule has 3 N–H and O–H groups in total. The number of nitrogen functional groups attached to an aromatic ring is 1. The van der Waals surface area contributed by atoms with Gasteiger partial charge in [0.1, 0.15) is 17.2 Å². The Morgan fingerprint density at radius 1 is 0.800 bits per heavy atom. The Kier molecular flexibility index (Phi) is 16.6. The zero-order valence-electron chi connectivity index (χ0n) is 25.8. The molecule has 0 unspecified atom stereocenters. The number of nitrogens with one attached hydrogen (secondary N) is 1. The molecule has 20 heteroatoms. The number of fused-ring (bicyclic) bond motifs is 1. The largest absolute Gasteiger partial charge is 0.308 e. The van der Waals surface area contributed by atoms with Crippen molar-refractivity contribution in [2.24, 2.45) is 5.84 Å². The Morgan fingerprint density at radius 3 is 1.98 bits per heavy atom. The van der Waals surface area contributed by atoms with E-state index in [1.54, 1.807) is 28.8 Å². The molecule has 0 fully saturated rings. The van der Waals surface area contributed by atoms with E-state index in [4.69, 9.17) is 58.4 Å². The van der Waals surface area contributed by atoms with Crippen LogP contribution in [0.4, 0.5) is 5.82 Å². The number of hydrogen-bond acceptors (Lipinski definition) is 14. The molecule has 0 aliphatic rings. The van der Waals surface area contributed by atoms with Crippen molar-refractivity contribution in [1.29, 1.82) is 0 Å². The molecule has 50 heavy (non-hydrogen) atoms. The summed E-state index contributed by atoms with van der Waals surface area (Å²) in [4.78, 5) is 50.6. The molecule has 6 rings (SSSR count). The quantitative estimate of drug-likeness (QED) is 0.0583. The van der Waals surface area contributed by atoms with Crippen molar-refractivity contribution >= 4 is 96.7 Å². The number of aldehydes is 1. The van der Waals surface area contributed by atoms with Gasteiger partial charge in [-0.05, 0) is 47.5 Å². The second-order valence-corrected chi connectivity index (χ2v) is 13.6. The van der Waals surface area contributed by atoms with Crippen molar-refractivity contribution in [3.63, 3.8) is 0 Å². The summed E-state index contributed by atoms with van der Waals surface area (Å²) in [5.41, 5.74) is 3.71. The zero-order chi connectivity index (χ0) is 36.5. The van der Waals surface area contributed by atoms with Crippen LogP contribution in [-0.2, 0) is 15.7 Å². The van der Waals surface area contributed by atoms with Crippen molar-refractivity contribution in [2.75, 3.05) is 5.43 Å². The predicted octanol–water partition coefficient (Wildman–Crippen LogP) is 6.78. The van der Waals surface area contributed by atoms with Crippen LogP contribution < -0.4 is 11.3 Å². The number of pyridine rings is 2. The van der Waals surface area contributed by atoms with Crippen LogP contribution in [0.25, 0.3) is 17.2 Å². The molecule has 6 aromatic rings. The second-order valence-electron chi connectivity index (χ2n) is 8.79. The van der Waals surface area contributed by atoms with Gasteiger partial charge in [0.05, 0.1) is 22.4 Å². The Labute approximate surface area is 313 Å². The van der Waals surface area contributed by atoms with Crippen molar-refractivity contribution in [1.82, 2.24) is 39.5 Å². The van der Waals surface area contributed by atoms with Gasteiger partial charge in [0.25, 0.3) is 0 Å². The van der Waals surface area contributed by atoms with Gasteiger partial charge in [-0.1, -0.05) is 35.3 Å². The molecular weight excluding hydrogens is 849 g/mol.